The van der Waals surface area contributed by atoms with E-state index in [0.29, 0.717) is 24.0 Å². The summed E-state index contributed by atoms with van der Waals surface area (Å²) >= 11 is 0. The van der Waals surface area contributed by atoms with Gasteiger partial charge in [0.25, 0.3) is 0 Å². The maximum atomic E-state index is 10.1. The molecule has 1 aliphatic heterocycles. The van der Waals surface area contributed by atoms with E-state index in [9.17, 15) is 5.11 Å². The second kappa shape index (κ2) is 7.64. The van der Waals surface area contributed by atoms with Crippen LogP contribution in [0, 0.1) is 0 Å². The van der Waals surface area contributed by atoms with Crippen LogP contribution in [0.3, 0.4) is 0 Å². The minimum absolute atomic E-state index is 0.280. The SMILES string of the molecule is CN(C)C1CCN(CC(O)COc2ccccc2N)CC1. The minimum Gasteiger partial charge on any atom is -0.489 e. The number of hydrogen-bond donors (Lipinski definition) is 2. The number of nitrogen functional groups attached to an aromatic ring is 1. The van der Waals surface area contributed by atoms with E-state index in [1.165, 1.54) is 0 Å². The Balaban J connectivity index is 1.71. The van der Waals surface area contributed by atoms with Gasteiger partial charge in [-0.2, -0.15) is 0 Å². The smallest absolute Gasteiger partial charge is 0.142 e. The lowest BCUT2D eigenvalue weighted by molar-refractivity contribution is 0.0508. The Morgan fingerprint density at radius 1 is 1.33 bits per heavy atom. The molecule has 0 radical (unpaired) electrons. The van der Waals surface area contributed by atoms with Gasteiger partial charge in [0.05, 0.1) is 5.69 Å². The number of hydrogen-bond acceptors (Lipinski definition) is 5. The number of nitrogens with zero attached hydrogens (tertiary/aromatic N) is 2. The van der Waals surface area contributed by atoms with E-state index >= 15 is 0 Å². The number of aliphatic hydroxyl groups excluding tert-OH is 1. The molecule has 1 saturated heterocycles. The zero-order chi connectivity index (χ0) is 15.2. The summed E-state index contributed by atoms with van der Waals surface area (Å²) in [6, 6.07) is 8.04. The third-order valence-corrected chi connectivity index (χ3v) is 4.11. The Hall–Kier alpha value is -1.30. The van der Waals surface area contributed by atoms with Gasteiger partial charge in [0.2, 0.25) is 0 Å². The summed E-state index contributed by atoms with van der Waals surface area (Å²) in [4.78, 5) is 4.59. The summed E-state index contributed by atoms with van der Waals surface area (Å²) in [6.07, 6.45) is 1.83. The van der Waals surface area contributed by atoms with Crippen molar-refractivity contribution in [1.82, 2.24) is 9.80 Å². The summed E-state index contributed by atoms with van der Waals surface area (Å²) in [5.74, 6) is 0.642. The van der Waals surface area contributed by atoms with Gasteiger partial charge in [-0.3, -0.25) is 0 Å². The number of para-hydroxylation sites is 2. The van der Waals surface area contributed by atoms with Crippen LogP contribution in [0.1, 0.15) is 12.8 Å². The molecule has 0 aliphatic carbocycles. The first-order valence-electron chi connectivity index (χ1n) is 7.60. The molecule has 1 unspecified atom stereocenters. The Kier molecular flexibility index (Phi) is 5.85. The number of piperidine rings is 1. The van der Waals surface area contributed by atoms with E-state index in [1.807, 2.05) is 18.2 Å². The minimum atomic E-state index is -0.486. The van der Waals surface area contributed by atoms with Crippen molar-refractivity contribution in [3.63, 3.8) is 0 Å². The summed E-state index contributed by atoms with van der Waals surface area (Å²) in [5, 5.41) is 10.1. The summed E-state index contributed by atoms with van der Waals surface area (Å²) in [7, 11) is 4.26. The van der Waals surface area contributed by atoms with Gasteiger partial charge in [-0.25, -0.2) is 0 Å². The van der Waals surface area contributed by atoms with Crippen molar-refractivity contribution in [3.8, 4) is 5.75 Å². The van der Waals surface area contributed by atoms with Crippen LogP contribution in [0.25, 0.3) is 0 Å². The van der Waals surface area contributed by atoms with Crippen molar-refractivity contribution in [2.45, 2.75) is 25.0 Å². The third-order valence-electron chi connectivity index (χ3n) is 4.11. The maximum Gasteiger partial charge on any atom is 0.142 e. The number of rotatable bonds is 6. The zero-order valence-corrected chi connectivity index (χ0v) is 13.0. The molecule has 118 valence electrons. The highest BCUT2D eigenvalue weighted by Gasteiger charge is 2.22. The highest BCUT2D eigenvalue weighted by atomic mass is 16.5. The quantitative estimate of drug-likeness (QED) is 0.767. The fourth-order valence-electron chi connectivity index (χ4n) is 2.77. The van der Waals surface area contributed by atoms with E-state index in [0.717, 1.165) is 25.9 Å². The number of anilines is 1. The molecule has 0 bridgehead atoms. The van der Waals surface area contributed by atoms with Gasteiger partial charge in [-0.15, -0.1) is 0 Å². The van der Waals surface area contributed by atoms with Crippen LogP contribution in [0.5, 0.6) is 5.75 Å². The molecule has 1 aromatic carbocycles. The predicted molar refractivity (Wildman–Crippen MR) is 85.5 cm³/mol. The number of ether oxygens (including phenoxy) is 1. The molecule has 1 heterocycles. The van der Waals surface area contributed by atoms with Crippen molar-refractivity contribution in [1.29, 1.82) is 0 Å². The number of likely N-dealkylation sites (tertiary alicyclic amines) is 1. The topological polar surface area (TPSA) is 62.0 Å². The molecule has 0 aromatic heterocycles. The predicted octanol–water partition coefficient (Wildman–Crippen LogP) is 1.03. The lowest BCUT2D eigenvalue weighted by Crippen LogP contribution is -2.45. The average Bonchev–Trinajstić information content (AvgIpc) is 2.47. The summed E-state index contributed by atoms with van der Waals surface area (Å²) in [5.41, 5.74) is 6.42. The summed E-state index contributed by atoms with van der Waals surface area (Å²) in [6.45, 7) is 3.01. The van der Waals surface area contributed by atoms with Crippen molar-refractivity contribution >= 4 is 5.69 Å². The molecule has 0 saturated carbocycles. The fraction of sp³-hybridized carbons (Fsp3) is 0.625. The second-order valence-corrected chi connectivity index (χ2v) is 6.00. The molecule has 5 heteroatoms. The van der Waals surface area contributed by atoms with Gasteiger partial charge in [0.1, 0.15) is 18.5 Å². The molecule has 21 heavy (non-hydrogen) atoms. The Morgan fingerprint density at radius 2 is 2.00 bits per heavy atom. The highest BCUT2D eigenvalue weighted by Crippen LogP contribution is 2.20. The van der Waals surface area contributed by atoms with Crippen LogP contribution < -0.4 is 10.5 Å². The number of benzene rings is 1. The monoisotopic (exact) mass is 293 g/mol. The van der Waals surface area contributed by atoms with Crippen LogP contribution in [0.2, 0.25) is 0 Å². The second-order valence-electron chi connectivity index (χ2n) is 6.00. The molecule has 1 fully saturated rings. The van der Waals surface area contributed by atoms with Crippen molar-refractivity contribution in [2.24, 2.45) is 0 Å². The molecular weight excluding hydrogens is 266 g/mol. The average molecular weight is 293 g/mol. The molecule has 1 aliphatic rings. The van der Waals surface area contributed by atoms with Gasteiger partial charge >= 0.3 is 0 Å². The van der Waals surface area contributed by atoms with Gasteiger partial charge < -0.3 is 25.4 Å². The maximum absolute atomic E-state index is 10.1. The van der Waals surface area contributed by atoms with E-state index in [2.05, 4.69) is 23.9 Å². The Labute approximate surface area is 127 Å². The zero-order valence-electron chi connectivity index (χ0n) is 13.0. The molecule has 1 aromatic rings. The van der Waals surface area contributed by atoms with Crippen molar-refractivity contribution in [2.75, 3.05) is 46.1 Å². The Bertz CT molecular complexity index is 431. The fourth-order valence-corrected chi connectivity index (χ4v) is 2.77. The molecule has 0 spiro atoms. The summed E-state index contributed by atoms with van der Waals surface area (Å²) < 4.78 is 5.59. The van der Waals surface area contributed by atoms with E-state index < -0.39 is 6.10 Å². The van der Waals surface area contributed by atoms with Crippen molar-refractivity contribution in [3.05, 3.63) is 24.3 Å². The number of β-amino-alcohol motifs (C(OH)–C–C–N with tert-alkyl or cyclic N) is 1. The van der Waals surface area contributed by atoms with Gasteiger partial charge in [0, 0.05) is 12.6 Å². The van der Waals surface area contributed by atoms with Gasteiger partial charge in [-0.05, 0) is 52.2 Å². The molecule has 3 N–H and O–H groups in total. The molecule has 1 atom stereocenters. The highest BCUT2D eigenvalue weighted by molar-refractivity contribution is 5.51. The lowest BCUT2D eigenvalue weighted by atomic mass is 10.0. The Morgan fingerprint density at radius 3 is 2.62 bits per heavy atom. The molecule has 0 amide bonds. The van der Waals surface area contributed by atoms with Crippen LogP contribution in [0.4, 0.5) is 5.69 Å². The van der Waals surface area contributed by atoms with Crippen molar-refractivity contribution < 1.29 is 9.84 Å². The third kappa shape index (κ3) is 4.88. The van der Waals surface area contributed by atoms with Gasteiger partial charge in [0.15, 0.2) is 0 Å². The molecular formula is C16H27N3O2. The van der Waals surface area contributed by atoms with Crippen LogP contribution >= 0.6 is 0 Å². The van der Waals surface area contributed by atoms with E-state index in [1.54, 1.807) is 6.07 Å². The first-order chi connectivity index (χ1) is 10.1. The van der Waals surface area contributed by atoms with Crippen LogP contribution in [-0.4, -0.2) is 67.4 Å². The number of nitrogens with two attached hydrogens (primary N) is 1. The first kappa shape index (κ1) is 16.1. The van der Waals surface area contributed by atoms with E-state index in [4.69, 9.17) is 10.5 Å². The molecule has 2 rings (SSSR count). The standard InChI is InChI=1S/C16H27N3O2/c1-18(2)13-7-9-19(10-8-13)11-14(20)12-21-16-6-4-3-5-15(16)17/h3-6,13-14,20H,7-12,17H2,1-2H3. The first-order valence-corrected chi connectivity index (χ1v) is 7.60. The van der Waals surface area contributed by atoms with Crippen LogP contribution in [0.15, 0.2) is 24.3 Å². The van der Waals surface area contributed by atoms with E-state index in [-0.39, 0.29) is 6.61 Å². The van der Waals surface area contributed by atoms with Crippen LogP contribution in [-0.2, 0) is 0 Å². The lowest BCUT2D eigenvalue weighted by Gasteiger charge is -2.35. The largest absolute Gasteiger partial charge is 0.489 e. The normalized spacial score (nSPS) is 18.9. The molecule has 5 nitrogen and oxygen atoms in total. The number of aliphatic hydroxyl groups is 1. The van der Waals surface area contributed by atoms with Gasteiger partial charge in [-0.1, -0.05) is 12.1 Å².